The maximum absolute atomic E-state index is 12.1. The van der Waals surface area contributed by atoms with E-state index >= 15 is 0 Å². The molecular weight excluding hydrogens is 290 g/mol. The number of carboxylic acid groups (broad SMARTS) is 1. The van der Waals surface area contributed by atoms with E-state index in [0.717, 1.165) is 42.7 Å². The molecule has 0 aromatic carbocycles. The summed E-state index contributed by atoms with van der Waals surface area (Å²) in [7, 11) is 0. The SMILES string of the molecule is O=C(NC(Cn1ccc(=O)[nH]c1=O)C(=O)O)C1CCCCC1. The van der Waals surface area contributed by atoms with Gasteiger partial charge in [-0.1, -0.05) is 19.3 Å². The summed E-state index contributed by atoms with van der Waals surface area (Å²) < 4.78 is 1.06. The summed E-state index contributed by atoms with van der Waals surface area (Å²) in [5.41, 5.74) is -1.26. The smallest absolute Gasteiger partial charge is 0.328 e. The van der Waals surface area contributed by atoms with Gasteiger partial charge >= 0.3 is 11.7 Å². The molecule has 1 aromatic heterocycles. The average molecular weight is 309 g/mol. The molecule has 1 atom stereocenters. The summed E-state index contributed by atoms with van der Waals surface area (Å²) in [6.45, 7) is -0.233. The van der Waals surface area contributed by atoms with Gasteiger partial charge in [-0.25, -0.2) is 9.59 Å². The van der Waals surface area contributed by atoms with E-state index in [2.05, 4.69) is 5.32 Å². The van der Waals surface area contributed by atoms with E-state index in [1.807, 2.05) is 4.98 Å². The number of aliphatic carboxylic acids is 1. The normalized spacial score (nSPS) is 16.9. The zero-order chi connectivity index (χ0) is 16.1. The first-order valence-electron chi connectivity index (χ1n) is 7.30. The van der Waals surface area contributed by atoms with Crippen LogP contribution < -0.4 is 16.6 Å². The van der Waals surface area contributed by atoms with Gasteiger partial charge in [-0.15, -0.1) is 0 Å². The quantitative estimate of drug-likeness (QED) is 0.688. The first kappa shape index (κ1) is 16.0. The molecule has 2 rings (SSSR count). The first-order valence-corrected chi connectivity index (χ1v) is 7.30. The van der Waals surface area contributed by atoms with Crippen molar-refractivity contribution in [3.8, 4) is 0 Å². The van der Waals surface area contributed by atoms with Crippen molar-refractivity contribution in [2.45, 2.75) is 44.7 Å². The molecule has 22 heavy (non-hydrogen) atoms. The van der Waals surface area contributed by atoms with Crippen molar-refractivity contribution < 1.29 is 14.7 Å². The molecule has 0 bridgehead atoms. The number of nitrogens with one attached hydrogen (secondary N) is 2. The summed E-state index contributed by atoms with van der Waals surface area (Å²) in [5, 5.41) is 11.7. The molecule has 3 N–H and O–H groups in total. The predicted molar refractivity (Wildman–Crippen MR) is 77.5 cm³/mol. The Morgan fingerprint density at radius 1 is 1.32 bits per heavy atom. The second kappa shape index (κ2) is 7.06. The van der Waals surface area contributed by atoms with Gasteiger partial charge in [0.1, 0.15) is 6.04 Å². The van der Waals surface area contributed by atoms with Crippen molar-refractivity contribution in [1.29, 1.82) is 0 Å². The molecule has 8 heteroatoms. The van der Waals surface area contributed by atoms with Crippen molar-refractivity contribution in [2.75, 3.05) is 0 Å². The van der Waals surface area contributed by atoms with Crippen LogP contribution in [0.4, 0.5) is 0 Å². The highest BCUT2D eigenvalue weighted by Gasteiger charge is 2.26. The number of carbonyl (C=O) groups is 2. The fraction of sp³-hybridized carbons (Fsp3) is 0.571. The topological polar surface area (TPSA) is 121 Å². The van der Waals surface area contributed by atoms with Crippen LogP contribution in [0.5, 0.6) is 0 Å². The molecule has 1 fully saturated rings. The van der Waals surface area contributed by atoms with Gasteiger partial charge < -0.3 is 10.4 Å². The Labute approximate surface area is 126 Å². The minimum Gasteiger partial charge on any atom is -0.480 e. The zero-order valence-electron chi connectivity index (χ0n) is 12.1. The number of carboxylic acids is 1. The molecule has 1 saturated carbocycles. The van der Waals surface area contributed by atoms with E-state index in [4.69, 9.17) is 0 Å². The lowest BCUT2D eigenvalue weighted by molar-refractivity contribution is -0.143. The third kappa shape index (κ3) is 4.06. The first-order chi connectivity index (χ1) is 10.5. The predicted octanol–water partition coefficient (Wildman–Crippen LogP) is -0.314. The fourth-order valence-corrected chi connectivity index (χ4v) is 2.62. The lowest BCUT2D eigenvalue weighted by Gasteiger charge is -2.23. The molecule has 1 heterocycles. The van der Waals surface area contributed by atoms with E-state index in [-0.39, 0.29) is 18.4 Å². The van der Waals surface area contributed by atoms with Gasteiger partial charge in [0, 0.05) is 18.2 Å². The van der Waals surface area contributed by atoms with Gasteiger partial charge in [0.05, 0.1) is 6.54 Å². The van der Waals surface area contributed by atoms with Gasteiger partial charge in [-0.05, 0) is 12.8 Å². The average Bonchev–Trinajstić information content (AvgIpc) is 2.49. The van der Waals surface area contributed by atoms with Crippen LogP contribution in [0.15, 0.2) is 21.9 Å². The molecule has 1 unspecified atom stereocenters. The molecule has 0 radical (unpaired) electrons. The van der Waals surface area contributed by atoms with Gasteiger partial charge in [-0.2, -0.15) is 0 Å². The van der Waals surface area contributed by atoms with Crippen molar-refractivity contribution in [3.05, 3.63) is 33.1 Å². The largest absolute Gasteiger partial charge is 0.480 e. The zero-order valence-corrected chi connectivity index (χ0v) is 12.1. The summed E-state index contributed by atoms with van der Waals surface area (Å²) in [6.07, 6.45) is 5.76. The summed E-state index contributed by atoms with van der Waals surface area (Å²) in [5.74, 6) is -1.67. The summed E-state index contributed by atoms with van der Waals surface area (Å²) in [4.78, 5) is 48.0. The molecule has 0 spiro atoms. The minimum absolute atomic E-state index is 0.164. The molecule has 1 aliphatic rings. The highest BCUT2D eigenvalue weighted by atomic mass is 16.4. The van der Waals surface area contributed by atoms with Crippen molar-refractivity contribution in [3.63, 3.8) is 0 Å². The van der Waals surface area contributed by atoms with Crippen LogP contribution in [-0.4, -0.2) is 32.6 Å². The highest BCUT2D eigenvalue weighted by molar-refractivity contribution is 5.84. The molecule has 120 valence electrons. The minimum atomic E-state index is -1.22. The van der Waals surface area contributed by atoms with Gasteiger partial charge in [0.2, 0.25) is 5.91 Å². The molecule has 0 saturated heterocycles. The number of carbonyl (C=O) groups excluding carboxylic acids is 1. The molecular formula is C14H19N3O5. The number of nitrogens with zero attached hydrogens (tertiary/aromatic N) is 1. The Hall–Kier alpha value is -2.38. The number of aromatic amines is 1. The third-order valence-corrected chi connectivity index (χ3v) is 3.87. The summed E-state index contributed by atoms with van der Waals surface area (Å²) >= 11 is 0. The number of aromatic nitrogens is 2. The molecule has 1 aromatic rings. The van der Waals surface area contributed by atoms with E-state index in [9.17, 15) is 24.3 Å². The van der Waals surface area contributed by atoms with Crippen molar-refractivity contribution in [2.24, 2.45) is 5.92 Å². The lowest BCUT2D eigenvalue weighted by atomic mass is 9.88. The molecule has 8 nitrogen and oxygen atoms in total. The number of hydrogen-bond acceptors (Lipinski definition) is 4. The number of amides is 1. The van der Waals surface area contributed by atoms with Crippen LogP contribution in [0.1, 0.15) is 32.1 Å². The van der Waals surface area contributed by atoms with E-state index in [0.29, 0.717) is 0 Å². The van der Waals surface area contributed by atoms with E-state index < -0.39 is 23.3 Å². The third-order valence-electron chi connectivity index (χ3n) is 3.87. The Morgan fingerprint density at radius 2 is 2.00 bits per heavy atom. The molecule has 0 aliphatic heterocycles. The maximum Gasteiger partial charge on any atom is 0.328 e. The number of rotatable bonds is 5. The second-order valence-electron chi connectivity index (χ2n) is 5.50. The van der Waals surface area contributed by atoms with Gasteiger partial charge in [-0.3, -0.25) is 19.1 Å². The Balaban J connectivity index is 2.06. The summed E-state index contributed by atoms with van der Waals surface area (Å²) in [6, 6.07) is -0.0819. The number of H-pyrrole nitrogens is 1. The Morgan fingerprint density at radius 3 is 2.59 bits per heavy atom. The Bertz CT molecular complexity index is 657. The van der Waals surface area contributed by atoms with Crippen molar-refractivity contribution in [1.82, 2.24) is 14.9 Å². The maximum atomic E-state index is 12.1. The molecule has 1 amide bonds. The number of hydrogen-bond donors (Lipinski definition) is 3. The van der Waals surface area contributed by atoms with Crippen LogP contribution in [0.25, 0.3) is 0 Å². The van der Waals surface area contributed by atoms with Crippen LogP contribution in [-0.2, 0) is 16.1 Å². The Kier molecular flexibility index (Phi) is 5.13. The van der Waals surface area contributed by atoms with Crippen molar-refractivity contribution >= 4 is 11.9 Å². The van der Waals surface area contributed by atoms with Crippen LogP contribution in [0.3, 0.4) is 0 Å². The molecule has 1 aliphatic carbocycles. The van der Waals surface area contributed by atoms with Crippen LogP contribution in [0, 0.1) is 5.92 Å². The van der Waals surface area contributed by atoms with Gasteiger partial charge in [0.25, 0.3) is 5.56 Å². The monoisotopic (exact) mass is 309 g/mol. The van der Waals surface area contributed by atoms with Gasteiger partial charge in [0.15, 0.2) is 0 Å². The van der Waals surface area contributed by atoms with E-state index in [1.54, 1.807) is 0 Å². The standard InChI is InChI=1S/C14H19N3O5/c18-11-6-7-17(14(22)16-11)8-10(13(20)21)15-12(19)9-4-2-1-3-5-9/h6-7,9-10H,1-5,8H2,(H,15,19)(H,20,21)(H,16,18,22). The van der Waals surface area contributed by atoms with E-state index in [1.165, 1.54) is 6.20 Å². The highest BCUT2D eigenvalue weighted by Crippen LogP contribution is 2.23. The second-order valence-corrected chi connectivity index (χ2v) is 5.50. The fourth-order valence-electron chi connectivity index (χ4n) is 2.62. The lowest BCUT2D eigenvalue weighted by Crippen LogP contribution is -2.48. The van der Waals surface area contributed by atoms with Crippen LogP contribution in [0.2, 0.25) is 0 Å². The van der Waals surface area contributed by atoms with Crippen LogP contribution >= 0.6 is 0 Å².